The van der Waals surface area contributed by atoms with Crippen molar-refractivity contribution in [2.24, 2.45) is 0 Å². The Kier molecular flexibility index (Phi) is 6.68. The Morgan fingerprint density at radius 2 is 2.00 bits per heavy atom. The molecule has 0 saturated carbocycles. The van der Waals surface area contributed by atoms with E-state index < -0.39 is 5.91 Å². The van der Waals surface area contributed by atoms with Crippen LogP contribution in [0.4, 0.5) is 5.69 Å². The number of aromatic nitrogens is 3. The predicted molar refractivity (Wildman–Crippen MR) is 115 cm³/mol. The van der Waals surface area contributed by atoms with E-state index in [1.807, 2.05) is 19.9 Å². The molecule has 2 amide bonds. The first-order valence-corrected chi connectivity index (χ1v) is 9.78. The number of para-hydroxylation sites is 1. The lowest BCUT2D eigenvalue weighted by molar-refractivity contribution is 0.0954. The second-order valence-electron chi connectivity index (χ2n) is 6.50. The summed E-state index contributed by atoms with van der Waals surface area (Å²) < 4.78 is 6.49. The zero-order valence-corrected chi connectivity index (χ0v) is 17.7. The molecule has 0 spiro atoms. The largest absolute Gasteiger partial charge is 0.480 e. The molecule has 0 unspecified atom stereocenters. The number of carbonyl (C=O) groups is 2. The average molecular weight is 428 g/mol. The number of benzene rings is 1. The molecule has 0 atom stereocenters. The van der Waals surface area contributed by atoms with Crippen LogP contribution < -0.4 is 15.4 Å². The molecule has 0 aliphatic carbocycles. The third kappa shape index (κ3) is 4.44. The second kappa shape index (κ2) is 9.41. The van der Waals surface area contributed by atoms with Gasteiger partial charge in [0.1, 0.15) is 5.69 Å². The van der Waals surface area contributed by atoms with Crippen LogP contribution in [0.5, 0.6) is 5.88 Å². The van der Waals surface area contributed by atoms with Crippen molar-refractivity contribution in [3.63, 3.8) is 0 Å². The van der Waals surface area contributed by atoms with Gasteiger partial charge in [0.05, 0.1) is 23.4 Å². The normalized spacial score (nSPS) is 10.5. The van der Waals surface area contributed by atoms with Crippen LogP contribution in [0.2, 0.25) is 5.02 Å². The van der Waals surface area contributed by atoms with Gasteiger partial charge in [-0.1, -0.05) is 30.7 Å². The van der Waals surface area contributed by atoms with E-state index in [1.165, 1.54) is 17.9 Å². The number of hydrogen-bond acceptors (Lipinski definition) is 5. The summed E-state index contributed by atoms with van der Waals surface area (Å²) in [5.74, 6) is -0.216. The maximum atomic E-state index is 13.2. The number of rotatable bonds is 7. The fourth-order valence-corrected chi connectivity index (χ4v) is 3.05. The maximum Gasteiger partial charge on any atom is 0.274 e. The minimum atomic E-state index is -0.480. The average Bonchev–Trinajstić information content (AvgIpc) is 3.18. The number of nitrogens with one attached hydrogen (secondary N) is 2. The lowest BCUT2D eigenvalue weighted by atomic mass is 10.1. The molecule has 0 aliphatic heterocycles. The minimum absolute atomic E-state index is 0.163. The van der Waals surface area contributed by atoms with Gasteiger partial charge in [0, 0.05) is 18.8 Å². The zero-order chi connectivity index (χ0) is 21.7. The van der Waals surface area contributed by atoms with Crippen LogP contribution in [0.25, 0.3) is 5.82 Å². The molecule has 2 N–H and O–H groups in total. The number of aryl methyl sites for hydroxylation is 1. The minimum Gasteiger partial charge on any atom is -0.480 e. The molecule has 2 aromatic heterocycles. The van der Waals surface area contributed by atoms with E-state index in [0.717, 1.165) is 12.0 Å². The van der Waals surface area contributed by atoms with Gasteiger partial charge in [-0.05, 0) is 37.1 Å². The molecule has 0 saturated heterocycles. The molecule has 30 heavy (non-hydrogen) atoms. The summed E-state index contributed by atoms with van der Waals surface area (Å²) in [4.78, 5) is 29.9. The standard InChI is InChI=1S/C21H22ClN5O3/c1-4-10-24-20(28)14-8-5-7-13(2)18(14)25-21(29)16-12-17(30-3)26-27(16)19-15(22)9-6-11-23-19/h5-9,11-12H,4,10H2,1-3H3,(H,24,28)(H,25,29). The van der Waals surface area contributed by atoms with Crippen molar-refractivity contribution >= 4 is 29.1 Å². The molecular formula is C21H22ClN5O3. The Bertz CT molecular complexity index is 1080. The fourth-order valence-electron chi connectivity index (χ4n) is 2.85. The summed E-state index contributed by atoms with van der Waals surface area (Å²) in [5.41, 5.74) is 1.72. The number of ether oxygens (including phenoxy) is 1. The SMILES string of the molecule is CCCNC(=O)c1cccc(C)c1NC(=O)c1cc(OC)nn1-c1ncccc1Cl. The number of amides is 2. The summed E-state index contributed by atoms with van der Waals surface area (Å²) in [6.07, 6.45) is 2.36. The number of carbonyl (C=O) groups excluding carboxylic acids is 2. The Morgan fingerprint density at radius 1 is 1.20 bits per heavy atom. The molecule has 0 aliphatic rings. The van der Waals surface area contributed by atoms with Crippen molar-refractivity contribution in [3.8, 4) is 11.7 Å². The van der Waals surface area contributed by atoms with Crippen molar-refractivity contribution in [3.05, 3.63) is 64.4 Å². The van der Waals surface area contributed by atoms with Gasteiger partial charge in [-0.3, -0.25) is 9.59 Å². The van der Waals surface area contributed by atoms with Gasteiger partial charge in [-0.15, -0.1) is 5.10 Å². The van der Waals surface area contributed by atoms with Gasteiger partial charge in [0.2, 0.25) is 5.88 Å². The lowest BCUT2D eigenvalue weighted by Crippen LogP contribution is -2.26. The molecule has 9 heteroatoms. The van der Waals surface area contributed by atoms with E-state index in [1.54, 1.807) is 30.5 Å². The first kappa shape index (κ1) is 21.3. The van der Waals surface area contributed by atoms with Crippen LogP contribution in [-0.2, 0) is 0 Å². The molecule has 1 aromatic carbocycles. The summed E-state index contributed by atoms with van der Waals surface area (Å²) in [7, 11) is 1.45. The number of halogens is 1. The highest BCUT2D eigenvalue weighted by atomic mass is 35.5. The Balaban J connectivity index is 1.99. The Hall–Kier alpha value is -3.39. The van der Waals surface area contributed by atoms with E-state index in [-0.39, 0.29) is 17.5 Å². The van der Waals surface area contributed by atoms with Gasteiger partial charge in [-0.2, -0.15) is 0 Å². The first-order valence-electron chi connectivity index (χ1n) is 9.40. The van der Waals surface area contributed by atoms with Crippen molar-refractivity contribution in [1.82, 2.24) is 20.1 Å². The van der Waals surface area contributed by atoms with Crippen LogP contribution in [-0.4, -0.2) is 40.2 Å². The number of methoxy groups -OCH3 is 1. The van der Waals surface area contributed by atoms with Gasteiger partial charge in [-0.25, -0.2) is 9.67 Å². The highest BCUT2D eigenvalue weighted by molar-refractivity contribution is 6.32. The Labute approximate surface area is 179 Å². The molecule has 0 bridgehead atoms. The molecular weight excluding hydrogens is 406 g/mol. The van der Waals surface area contributed by atoms with E-state index in [0.29, 0.717) is 28.6 Å². The quantitative estimate of drug-likeness (QED) is 0.600. The van der Waals surface area contributed by atoms with Crippen LogP contribution in [0, 0.1) is 6.92 Å². The summed E-state index contributed by atoms with van der Waals surface area (Å²) in [6, 6.07) is 10.1. The highest BCUT2D eigenvalue weighted by Crippen LogP contribution is 2.25. The molecule has 3 aromatic rings. The number of anilines is 1. The number of hydrogen-bond donors (Lipinski definition) is 2. The van der Waals surface area contributed by atoms with Crippen LogP contribution in [0.15, 0.2) is 42.6 Å². The summed E-state index contributed by atoms with van der Waals surface area (Å²) >= 11 is 6.24. The molecule has 3 rings (SSSR count). The lowest BCUT2D eigenvalue weighted by Gasteiger charge is -2.14. The predicted octanol–water partition coefficient (Wildman–Crippen LogP) is 3.63. The number of nitrogens with zero attached hydrogens (tertiary/aromatic N) is 3. The van der Waals surface area contributed by atoms with Crippen LogP contribution in [0.1, 0.15) is 39.8 Å². The topological polar surface area (TPSA) is 98.1 Å². The van der Waals surface area contributed by atoms with Crippen molar-refractivity contribution in [2.45, 2.75) is 20.3 Å². The van der Waals surface area contributed by atoms with Crippen molar-refractivity contribution in [1.29, 1.82) is 0 Å². The Morgan fingerprint density at radius 3 is 2.70 bits per heavy atom. The van der Waals surface area contributed by atoms with E-state index in [2.05, 4.69) is 20.7 Å². The van der Waals surface area contributed by atoms with Gasteiger partial charge < -0.3 is 15.4 Å². The van der Waals surface area contributed by atoms with E-state index in [9.17, 15) is 9.59 Å². The van der Waals surface area contributed by atoms with Gasteiger partial charge in [0.25, 0.3) is 11.8 Å². The zero-order valence-electron chi connectivity index (χ0n) is 16.9. The molecule has 156 valence electrons. The van der Waals surface area contributed by atoms with Gasteiger partial charge >= 0.3 is 0 Å². The second-order valence-corrected chi connectivity index (χ2v) is 6.91. The summed E-state index contributed by atoms with van der Waals surface area (Å²) in [5, 5.41) is 10.2. The maximum absolute atomic E-state index is 13.2. The van der Waals surface area contributed by atoms with Crippen molar-refractivity contribution < 1.29 is 14.3 Å². The third-order valence-corrected chi connectivity index (χ3v) is 4.65. The first-order chi connectivity index (χ1) is 14.5. The third-order valence-electron chi connectivity index (χ3n) is 4.36. The highest BCUT2D eigenvalue weighted by Gasteiger charge is 2.22. The fraction of sp³-hybridized carbons (Fsp3) is 0.238. The van der Waals surface area contributed by atoms with E-state index >= 15 is 0 Å². The van der Waals surface area contributed by atoms with E-state index in [4.69, 9.17) is 16.3 Å². The smallest absolute Gasteiger partial charge is 0.274 e. The molecule has 8 nitrogen and oxygen atoms in total. The molecule has 0 radical (unpaired) electrons. The van der Waals surface area contributed by atoms with Crippen molar-refractivity contribution in [2.75, 3.05) is 19.0 Å². The van der Waals surface area contributed by atoms with Gasteiger partial charge in [0.15, 0.2) is 5.82 Å². The van der Waals surface area contributed by atoms with Crippen LogP contribution in [0.3, 0.4) is 0 Å². The molecule has 2 heterocycles. The molecule has 0 fully saturated rings. The summed E-state index contributed by atoms with van der Waals surface area (Å²) in [6.45, 7) is 4.33. The number of pyridine rings is 1. The monoisotopic (exact) mass is 427 g/mol. The van der Waals surface area contributed by atoms with Crippen LogP contribution >= 0.6 is 11.6 Å².